The number of amides is 1. The number of hydrogen-bond donors (Lipinski definition) is 1. The Hall–Kier alpha value is -0.420. The van der Waals surface area contributed by atoms with Gasteiger partial charge in [0.2, 0.25) is 0 Å². The fraction of sp³-hybridized carbons (Fsp3) is 0.636. The molecule has 1 N–H and O–H groups in total. The van der Waals surface area contributed by atoms with Crippen molar-refractivity contribution in [3.8, 4) is 0 Å². The molecule has 1 aliphatic carbocycles. The topological polar surface area (TPSA) is 42.0 Å². The lowest BCUT2D eigenvalue weighted by atomic mass is 9.95. The van der Waals surface area contributed by atoms with E-state index in [-0.39, 0.29) is 11.9 Å². The smallest absolute Gasteiger partial charge is 0.263 e. The van der Waals surface area contributed by atoms with Crippen LogP contribution in [0.1, 0.15) is 40.4 Å². The molecule has 5 heteroatoms. The summed E-state index contributed by atoms with van der Waals surface area (Å²) in [6.45, 7) is 1.91. The molecule has 2 unspecified atom stereocenters. The summed E-state index contributed by atoms with van der Waals surface area (Å²) in [5.74, 6) is 0.0157. The first-order chi connectivity index (χ1) is 7.66. The minimum Gasteiger partial charge on any atom is -0.347 e. The number of thiazole rings is 1. The van der Waals surface area contributed by atoms with E-state index in [2.05, 4.69) is 26.2 Å². The number of carbonyl (C=O) groups is 1. The molecule has 1 fully saturated rings. The third kappa shape index (κ3) is 2.83. The van der Waals surface area contributed by atoms with Gasteiger partial charge in [0.25, 0.3) is 5.91 Å². The van der Waals surface area contributed by atoms with Crippen molar-refractivity contribution >= 4 is 33.2 Å². The Labute approximate surface area is 108 Å². The molecule has 0 radical (unpaired) electrons. The Bertz CT molecular complexity index is 380. The number of nitrogens with one attached hydrogen (secondary N) is 1. The molecule has 0 aliphatic heterocycles. The highest BCUT2D eigenvalue weighted by molar-refractivity contribution is 9.09. The number of aryl methyl sites for hydroxylation is 1. The van der Waals surface area contributed by atoms with Crippen molar-refractivity contribution in [3.63, 3.8) is 0 Å². The minimum atomic E-state index is 0.0157. The van der Waals surface area contributed by atoms with Gasteiger partial charge in [-0.1, -0.05) is 28.8 Å². The van der Waals surface area contributed by atoms with Crippen LogP contribution in [0, 0.1) is 6.92 Å². The predicted octanol–water partition coefficient (Wildman–Crippen LogP) is 2.89. The molecular formula is C11H15BrN2OS. The van der Waals surface area contributed by atoms with Gasteiger partial charge < -0.3 is 5.32 Å². The molecule has 0 aromatic carbocycles. The van der Waals surface area contributed by atoms with Crippen LogP contribution in [0.25, 0.3) is 0 Å². The number of halogens is 1. The van der Waals surface area contributed by atoms with Crippen molar-refractivity contribution in [2.45, 2.75) is 43.5 Å². The third-order valence-electron chi connectivity index (χ3n) is 2.84. The van der Waals surface area contributed by atoms with Crippen LogP contribution in [0.4, 0.5) is 0 Å². The van der Waals surface area contributed by atoms with Gasteiger partial charge in [0.05, 0.1) is 11.2 Å². The van der Waals surface area contributed by atoms with E-state index in [1.54, 1.807) is 6.20 Å². The van der Waals surface area contributed by atoms with E-state index in [9.17, 15) is 4.79 Å². The average molecular weight is 303 g/mol. The molecule has 1 aliphatic rings. The number of nitrogens with zero attached hydrogens (tertiary/aromatic N) is 1. The lowest BCUT2D eigenvalue weighted by molar-refractivity contribution is 0.0934. The highest BCUT2D eigenvalue weighted by Crippen LogP contribution is 2.25. The normalized spacial score (nSPS) is 25.4. The molecule has 1 aromatic heterocycles. The first-order valence-electron chi connectivity index (χ1n) is 5.54. The van der Waals surface area contributed by atoms with Crippen LogP contribution in [0.15, 0.2) is 6.20 Å². The second-order valence-electron chi connectivity index (χ2n) is 4.12. The van der Waals surface area contributed by atoms with E-state index < -0.39 is 0 Å². The van der Waals surface area contributed by atoms with Gasteiger partial charge in [0.15, 0.2) is 0 Å². The number of aromatic nitrogens is 1. The Kier molecular flexibility index (Phi) is 3.97. The number of carbonyl (C=O) groups excluding carboxylic acids is 1. The van der Waals surface area contributed by atoms with E-state index in [0.717, 1.165) is 17.8 Å². The molecule has 1 heterocycles. The lowest BCUT2D eigenvalue weighted by Gasteiger charge is -2.27. The van der Waals surface area contributed by atoms with Crippen LogP contribution in [0.5, 0.6) is 0 Å². The largest absolute Gasteiger partial charge is 0.347 e. The number of rotatable bonds is 2. The standard InChI is InChI=1S/C11H15BrN2OS/c1-7-13-6-10(16-7)11(15)14-9-5-3-2-4-8(9)12/h6,8-9H,2-5H2,1H3,(H,14,15). The van der Waals surface area contributed by atoms with Crippen molar-refractivity contribution in [1.29, 1.82) is 0 Å². The van der Waals surface area contributed by atoms with Gasteiger partial charge in [-0.15, -0.1) is 11.3 Å². The summed E-state index contributed by atoms with van der Waals surface area (Å²) in [4.78, 5) is 17.1. The van der Waals surface area contributed by atoms with Crippen molar-refractivity contribution < 1.29 is 4.79 Å². The molecular weight excluding hydrogens is 288 g/mol. The van der Waals surface area contributed by atoms with Gasteiger partial charge in [0, 0.05) is 10.9 Å². The number of hydrogen-bond acceptors (Lipinski definition) is 3. The quantitative estimate of drug-likeness (QED) is 0.854. The molecule has 1 amide bonds. The first kappa shape index (κ1) is 12.0. The average Bonchev–Trinajstić information content (AvgIpc) is 2.68. The maximum absolute atomic E-state index is 11.9. The SMILES string of the molecule is Cc1ncc(C(=O)NC2CCCCC2Br)s1. The van der Waals surface area contributed by atoms with Crippen LogP contribution in [-0.4, -0.2) is 21.8 Å². The molecule has 0 saturated heterocycles. The van der Waals surface area contributed by atoms with E-state index in [1.165, 1.54) is 24.2 Å². The molecule has 0 bridgehead atoms. The monoisotopic (exact) mass is 302 g/mol. The third-order valence-corrected chi connectivity index (χ3v) is 4.85. The molecule has 3 nitrogen and oxygen atoms in total. The zero-order valence-electron chi connectivity index (χ0n) is 9.20. The minimum absolute atomic E-state index is 0.0157. The first-order valence-corrected chi connectivity index (χ1v) is 7.27. The van der Waals surface area contributed by atoms with E-state index >= 15 is 0 Å². The van der Waals surface area contributed by atoms with Crippen molar-refractivity contribution in [1.82, 2.24) is 10.3 Å². The fourth-order valence-corrected chi connectivity index (χ4v) is 3.36. The van der Waals surface area contributed by atoms with Gasteiger partial charge in [-0.2, -0.15) is 0 Å². The van der Waals surface area contributed by atoms with Gasteiger partial charge in [-0.3, -0.25) is 4.79 Å². The second-order valence-corrected chi connectivity index (χ2v) is 6.53. The summed E-state index contributed by atoms with van der Waals surface area (Å²) in [7, 11) is 0. The molecule has 2 rings (SSSR count). The second kappa shape index (κ2) is 5.27. The fourth-order valence-electron chi connectivity index (χ4n) is 1.95. The number of alkyl halides is 1. The molecule has 2 atom stereocenters. The zero-order valence-corrected chi connectivity index (χ0v) is 11.6. The lowest BCUT2D eigenvalue weighted by Crippen LogP contribution is -2.42. The summed E-state index contributed by atoms with van der Waals surface area (Å²) in [6, 6.07) is 0.267. The van der Waals surface area contributed by atoms with Crippen LogP contribution in [0.3, 0.4) is 0 Å². The van der Waals surface area contributed by atoms with Crippen molar-refractivity contribution in [2.75, 3.05) is 0 Å². The molecule has 16 heavy (non-hydrogen) atoms. The molecule has 88 valence electrons. The molecule has 1 aromatic rings. The predicted molar refractivity (Wildman–Crippen MR) is 69.3 cm³/mol. The summed E-state index contributed by atoms with van der Waals surface area (Å²) in [5, 5.41) is 4.02. The van der Waals surface area contributed by atoms with Crippen molar-refractivity contribution in [2.24, 2.45) is 0 Å². The zero-order chi connectivity index (χ0) is 11.5. The molecule has 0 spiro atoms. The van der Waals surface area contributed by atoms with Gasteiger partial charge >= 0.3 is 0 Å². The van der Waals surface area contributed by atoms with Crippen molar-refractivity contribution in [3.05, 3.63) is 16.1 Å². The van der Waals surface area contributed by atoms with Crippen LogP contribution in [-0.2, 0) is 0 Å². The van der Waals surface area contributed by atoms with Crippen LogP contribution in [0.2, 0.25) is 0 Å². The van der Waals surface area contributed by atoms with E-state index in [1.807, 2.05) is 6.92 Å². The maximum Gasteiger partial charge on any atom is 0.263 e. The Morgan fingerprint density at radius 2 is 2.31 bits per heavy atom. The van der Waals surface area contributed by atoms with Gasteiger partial charge in [0.1, 0.15) is 4.88 Å². The van der Waals surface area contributed by atoms with E-state index in [4.69, 9.17) is 0 Å². The van der Waals surface area contributed by atoms with Gasteiger partial charge in [-0.05, 0) is 19.8 Å². The van der Waals surface area contributed by atoms with E-state index in [0.29, 0.717) is 9.70 Å². The highest BCUT2D eigenvalue weighted by Gasteiger charge is 2.24. The Morgan fingerprint density at radius 3 is 2.94 bits per heavy atom. The van der Waals surface area contributed by atoms with Crippen LogP contribution < -0.4 is 5.32 Å². The van der Waals surface area contributed by atoms with Gasteiger partial charge in [-0.25, -0.2) is 4.98 Å². The molecule has 1 saturated carbocycles. The Balaban J connectivity index is 1.96. The summed E-state index contributed by atoms with van der Waals surface area (Å²) >= 11 is 5.08. The highest BCUT2D eigenvalue weighted by atomic mass is 79.9. The Morgan fingerprint density at radius 1 is 1.56 bits per heavy atom. The summed E-state index contributed by atoms with van der Waals surface area (Å²) in [6.07, 6.45) is 6.32. The maximum atomic E-state index is 11.9. The summed E-state index contributed by atoms with van der Waals surface area (Å²) in [5.41, 5.74) is 0. The van der Waals surface area contributed by atoms with Crippen LogP contribution >= 0.6 is 27.3 Å². The summed E-state index contributed by atoms with van der Waals surface area (Å²) < 4.78 is 0.